The molecular formula is C14H14ClN5O. The summed E-state index contributed by atoms with van der Waals surface area (Å²) in [5.74, 6) is 0.815. The second kappa shape index (κ2) is 5.06. The minimum Gasteiger partial charge on any atom is -0.481 e. The van der Waals surface area contributed by atoms with Gasteiger partial charge in [-0.05, 0) is 48.2 Å². The number of hydrogen-bond acceptors (Lipinski definition) is 4. The van der Waals surface area contributed by atoms with Gasteiger partial charge >= 0.3 is 0 Å². The lowest BCUT2D eigenvalue weighted by molar-refractivity contribution is 0.398. The highest BCUT2D eigenvalue weighted by atomic mass is 35.5. The maximum atomic E-state index is 8.94. The van der Waals surface area contributed by atoms with Crippen molar-refractivity contribution in [2.24, 2.45) is 11.0 Å². The van der Waals surface area contributed by atoms with Crippen LogP contribution in [0.2, 0.25) is 5.15 Å². The van der Waals surface area contributed by atoms with Crippen molar-refractivity contribution in [3.8, 4) is 5.88 Å². The van der Waals surface area contributed by atoms with Crippen LogP contribution in [0.5, 0.6) is 5.88 Å². The van der Waals surface area contributed by atoms with E-state index in [1.807, 2.05) is 6.92 Å². The molecule has 0 bridgehead atoms. The number of fused-ring (bicyclic) bond motifs is 1. The summed E-state index contributed by atoms with van der Waals surface area (Å²) >= 11 is 6.03. The van der Waals surface area contributed by atoms with Crippen molar-refractivity contribution >= 4 is 22.4 Å². The molecule has 0 radical (unpaired) electrons. The van der Waals surface area contributed by atoms with Crippen LogP contribution in [0.3, 0.4) is 0 Å². The van der Waals surface area contributed by atoms with Crippen molar-refractivity contribution in [2.45, 2.75) is 25.3 Å². The Kier molecular flexibility index (Phi) is 3.35. The predicted molar refractivity (Wildman–Crippen MR) is 80.3 cm³/mol. The van der Waals surface area contributed by atoms with Crippen LogP contribution in [-0.2, 0) is 5.54 Å². The summed E-state index contributed by atoms with van der Waals surface area (Å²) in [5.41, 5.74) is 9.18. The van der Waals surface area contributed by atoms with Gasteiger partial charge in [0.15, 0.2) is 0 Å². The highest BCUT2D eigenvalue weighted by Gasteiger charge is 2.43. The molecule has 0 amide bonds. The van der Waals surface area contributed by atoms with Gasteiger partial charge in [-0.15, -0.1) is 0 Å². The summed E-state index contributed by atoms with van der Waals surface area (Å²) in [6, 6.07) is 1.77. The third kappa shape index (κ3) is 2.26. The summed E-state index contributed by atoms with van der Waals surface area (Å²) in [6.45, 7) is 1.95. The SMILES string of the molecule is COc1ncc(C(C)(N=[N+]=[N-])C2CC2)c2cc(Cl)ncc12. The zero-order valence-corrected chi connectivity index (χ0v) is 12.5. The standard InChI is InChI=1S/C14H14ClN5O/c1-14(19-20-16,8-3-4-8)11-7-18-13(21-2)10-6-17-12(15)5-9(10)11/h5-8H,3-4H2,1-2H3. The molecule has 7 heteroatoms. The van der Waals surface area contributed by atoms with Gasteiger partial charge in [-0.1, -0.05) is 16.7 Å². The predicted octanol–water partition coefficient (Wildman–Crippen LogP) is 4.23. The first-order valence-electron chi connectivity index (χ1n) is 6.65. The third-order valence-corrected chi connectivity index (χ3v) is 4.27. The number of ether oxygens (including phenoxy) is 1. The van der Waals surface area contributed by atoms with Gasteiger partial charge in [-0.3, -0.25) is 0 Å². The lowest BCUT2D eigenvalue weighted by Crippen LogP contribution is -2.22. The van der Waals surface area contributed by atoms with Gasteiger partial charge in [0, 0.05) is 17.3 Å². The molecule has 0 aliphatic heterocycles. The molecule has 6 nitrogen and oxygen atoms in total. The molecule has 21 heavy (non-hydrogen) atoms. The van der Waals surface area contributed by atoms with Crippen molar-refractivity contribution in [3.05, 3.63) is 39.6 Å². The summed E-state index contributed by atoms with van der Waals surface area (Å²) in [4.78, 5) is 11.4. The Hall–Kier alpha value is -2.04. The number of hydrogen-bond donors (Lipinski definition) is 0. The van der Waals surface area contributed by atoms with E-state index in [4.69, 9.17) is 21.9 Å². The largest absolute Gasteiger partial charge is 0.481 e. The van der Waals surface area contributed by atoms with E-state index in [2.05, 4.69) is 20.0 Å². The van der Waals surface area contributed by atoms with Crippen LogP contribution in [0.4, 0.5) is 0 Å². The fourth-order valence-corrected chi connectivity index (χ4v) is 2.90. The van der Waals surface area contributed by atoms with Crippen molar-refractivity contribution in [1.29, 1.82) is 0 Å². The molecule has 1 aliphatic rings. The lowest BCUT2D eigenvalue weighted by Gasteiger charge is -2.25. The number of halogens is 1. The molecule has 1 unspecified atom stereocenters. The Balaban J connectivity index is 2.32. The number of methoxy groups -OCH3 is 1. The molecule has 108 valence electrons. The van der Waals surface area contributed by atoms with E-state index in [1.165, 1.54) is 0 Å². The smallest absolute Gasteiger partial charge is 0.222 e. The Morgan fingerprint density at radius 2 is 2.14 bits per heavy atom. The second-order valence-corrected chi connectivity index (χ2v) is 5.73. The lowest BCUT2D eigenvalue weighted by atomic mass is 9.86. The van der Waals surface area contributed by atoms with Crippen molar-refractivity contribution in [2.75, 3.05) is 7.11 Å². The van der Waals surface area contributed by atoms with Crippen LogP contribution in [0, 0.1) is 5.92 Å². The molecule has 3 rings (SSSR count). The van der Waals surface area contributed by atoms with Crippen LogP contribution in [0.1, 0.15) is 25.3 Å². The summed E-state index contributed by atoms with van der Waals surface area (Å²) in [6.07, 6.45) is 5.44. The van der Waals surface area contributed by atoms with Crippen LogP contribution in [-0.4, -0.2) is 17.1 Å². The fourth-order valence-electron chi connectivity index (χ4n) is 2.75. The molecule has 1 saturated carbocycles. The average molecular weight is 304 g/mol. The number of azide groups is 1. The van der Waals surface area contributed by atoms with Gasteiger partial charge in [-0.25, -0.2) is 9.97 Å². The van der Waals surface area contributed by atoms with Gasteiger partial charge in [0.2, 0.25) is 5.88 Å². The van der Waals surface area contributed by atoms with E-state index in [0.717, 1.165) is 29.2 Å². The molecule has 2 heterocycles. The number of nitrogens with zero attached hydrogens (tertiary/aromatic N) is 5. The minimum absolute atomic E-state index is 0.332. The van der Waals surface area contributed by atoms with Crippen molar-refractivity contribution in [1.82, 2.24) is 9.97 Å². The molecule has 1 atom stereocenters. The highest BCUT2D eigenvalue weighted by molar-refractivity contribution is 6.30. The van der Waals surface area contributed by atoms with Gasteiger partial charge in [0.05, 0.1) is 18.0 Å². The molecule has 1 aliphatic carbocycles. The van der Waals surface area contributed by atoms with E-state index in [1.54, 1.807) is 25.6 Å². The average Bonchev–Trinajstić information content (AvgIpc) is 3.31. The molecule has 0 saturated heterocycles. The zero-order chi connectivity index (χ0) is 15.0. The zero-order valence-electron chi connectivity index (χ0n) is 11.7. The first-order valence-corrected chi connectivity index (χ1v) is 7.03. The van der Waals surface area contributed by atoms with Gasteiger partial charge < -0.3 is 4.74 Å². The van der Waals surface area contributed by atoms with E-state index < -0.39 is 5.54 Å². The fraction of sp³-hybridized carbons (Fsp3) is 0.429. The molecule has 2 aromatic heterocycles. The Labute approximate surface area is 126 Å². The first kappa shape index (κ1) is 13.9. The maximum Gasteiger partial charge on any atom is 0.222 e. The van der Waals surface area contributed by atoms with Gasteiger partial charge in [0.1, 0.15) is 5.15 Å². The van der Waals surface area contributed by atoms with E-state index in [0.29, 0.717) is 17.0 Å². The monoisotopic (exact) mass is 303 g/mol. The van der Waals surface area contributed by atoms with E-state index >= 15 is 0 Å². The Morgan fingerprint density at radius 3 is 2.76 bits per heavy atom. The van der Waals surface area contributed by atoms with E-state index in [-0.39, 0.29) is 0 Å². The Bertz CT molecular complexity index is 754. The Morgan fingerprint density at radius 1 is 1.38 bits per heavy atom. The number of aromatic nitrogens is 2. The van der Waals surface area contributed by atoms with Gasteiger partial charge in [-0.2, -0.15) is 0 Å². The summed E-state index contributed by atoms with van der Waals surface area (Å²) < 4.78 is 5.27. The highest BCUT2D eigenvalue weighted by Crippen LogP contribution is 2.50. The molecule has 0 spiro atoms. The van der Waals surface area contributed by atoms with Crippen LogP contribution >= 0.6 is 11.6 Å². The van der Waals surface area contributed by atoms with Gasteiger partial charge in [0.25, 0.3) is 0 Å². The van der Waals surface area contributed by atoms with E-state index in [9.17, 15) is 0 Å². The maximum absolute atomic E-state index is 8.94. The van der Waals surface area contributed by atoms with Crippen LogP contribution < -0.4 is 4.74 Å². The summed E-state index contributed by atoms with van der Waals surface area (Å²) in [5, 5.41) is 6.07. The molecule has 1 fully saturated rings. The topological polar surface area (TPSA) is 83.8 Å². The second-order valence-electron chi connectivity index (χ2n) is 5.35. The summed E-state index contributed by atoms with van der Waals surface area (Å²) in [7, 11) is 1.56. The molecule has 0 N–H and O–H groups in total. The molecular weight excluding hydrogens is 290 g/mol. The first-order chi connectivity index (χ1) is 10.1. The van der Waals surface area contributed by atoms with Crippen molar-refractivity contribution in [3.63, 3.8) is 0 Å². The molecule has 2 aromatic rings. The third-order valence-electron chi connectivity index (χ3n) is 4.07. The minimum atomic E-state index is -0.628. The molecule has 0 aromatic carbocycles. The van der Waals surface area contributed by atoms with Crippen LogP contribution in [0.15, 0.2) is 23.6 Å². The van der Waals surface area contributed by atoms with Crippen molar-refractivity contribution < 1.29 is 4.74 Å². The number of rotatable bonds is 4. The van der Waals surface area contributed by atoms with Crippen LogP contribution in [0.25, 0.3) is 21.2 Å². The quantitative estimate of drug-likeness (QED) is 0.367. The number of pyridine rings is 2. The normalized spacial score (nSPS) is 17.1.